The Kier molecular flexibility index (Phi) is 6.32. The van der Waals surface area contributed by atoms with Crippen LogP contribution in [0.4, 0.5) is 0 Å². The van der Waals surface area contributed by atoms with Crippen LogP contribution in [0.3, 0.4) is 0 Å². The second kappa shape index (κ2) is 11.7. The molecule has 0 unspecified atom stereocenters. The molecule has 0 fully saturated rings. The molecule has 0 aliphatic rings. The molecule has 5 heteroatoms. The van der Waals surface area contributed by atoms with Crippen LogP contribution in [0.5, 0.6) is 0 Å². The van der Waals surface area contributed by atoms with Crippen LogP contribution in [0.25, 0.3) is 123 Å². The van der Waals surface area contributed by atoms with E-state index in [0.717, 1.165) is 17.1 Å². The molecule has 0 N–H and O–H groups in total. The number of hydrogen-bond acceptors (Lipinski definition) is 2. The monoisotopic (exact) mass is 785 g/mol. The number of fused-ring (bicyclic) bond motifs is 17. The van der Waals surface area contributed by atoms with Gasteiger partial charge in [-0.05, 0) is 97.1 Å². The minimum Gasteiger partial charge on any atom is -0.309 e. The SMILES string of the molecule is c1ccc(-n2c3ccc(-n4c5ccccc5c5c6c(ccc54)sc4ccccc46)cc3c3cc(-n4c5ccccc5c5c6c(ccc54)sc4ccccc46)ccc32)cc1. The molecular weight excluding hydrogens is 755 g/mol. The van der Waals surface area contributed by atoms with E-state index in [1.807, 2.05) is 22.7 Å². The van der Waals surface area contributed by atoms with Crippen molar-refractivity contribution in [3.8, 4) is 17.1 Å². The molecule has 0 atom stereocenters. The highest BCUT2D eigenvalue weighted by molar-refractivity contribution is 7.26. The second-order valence-electron chi connectivity index (χ2n) is 15.6. The van der Waals surface area contributed by atoms with Crippen molar-refractivity contribution >= 4 is 128 Å². The van der Waals surface area contributed by atoms with Crippen LogP contribution in [-0.2, 0) is 0 Å². The van der Waals surface area contributed by atoms with Crippen molar-refractivity contribution in [2.24, 2.45) is 0 Å². The van der Waals surface area contributed by atoms with Crippen molar-refractivity contribution in [3.63, 3.8) is 0 Å². The lowest BCUT2D eigenvalue weighted by Gasteiger charge is -2.10. The Labute approximate surface area is 345 Å². The van der Waals surface area contributed by atoms with Gasteiger partial charge in [0, 0.05) is 89.7 Å². The average Bonchev–Trinajstić information content (AvgIpc) is 4.09. The standard InChI is InChI=1S/C54H31N3S2/c1-2-12-32(13-3-1)55-43-24-22-33(56-41-18-8-4-14-35(41)51-45(56)26-28-49-53(51)37-16-6-10-20-47(37)58-49)30-39(43)40-31-34(23-25-44(40)55)57-42-19-9-5-15-36(42)52-46(57)27-29-50-54(52)38-17-7-11-21-48(38)59-50/h1-31H. The quantitative estimate of drug-likeness (QED) is 0.169. The van der Waals surface area contributed by atoms with Crippen molar-refractivity contribution in [2.75, 3.05) is 0 Å². The zero-order chi connectivity index (χ0) is 38.3. The Bertz CT molecular complexity index is 3830. The maximum Gasteiger partial charge on any atom is 0.0548 e. The first-order valence-corrected chi connectivity index (χ1v) is 21.7. The molecule has 14 aromatic rings. The van der Waals surface area contributed by atoms with Crippen LogP contribution in [-0.4, -0.2) is 13.7 Å². The minimum atomic E-state index is 1.15. The summed E-state index contributed by atoms with van der Waals surface area (Å²) in [7, 11) is 0. The summed E-state index contributed by atoms with van der Waals surface area (Å²) in [4.78, 5) is 0. The van der Waals surface area contributed by atoms with Gasteiger partial charge >= 0.3 is 0 Å². The lowest BCUT2D eigenvalue weighted by atomic mass is 10.1. The fraction of sp³-hybridized carbons (Fsp3) is 0. The number of thiophene rings is 2. The van der Waals surface area contributed by atoms with Crippen LogP contribution >= 0.6 is 22.7 Å². The summed E-state index contributed by atoms with van der Waals surface area (Å²) in [6, 6.07) is 69.8. The smallest absolute Gasteiger partial charge is 0.0548 e. The normalized spacial score (nSPS) is 12.4. The summed E-state index contributed by atoms with van der Waals surface area (Å²) in [6.45, 7) is 0. The lowest BCUT2D eigenvalue weighted by Crippen LogP contribution is -1.96. The van der Waals surface area contributed by atoms with E-state index >= 15 is 0 Å². The Morgan fingerprint density at radius 2 is 0.627 bits per heavy atom. The molecule has 0 spiro atoms. The molecule has 0 amide bonds. The van der Waals surface area contributed by atoms with E-state index < -0.39 is 0 Å². The van der Waals surface area contributed by atoms with Crippen molar-refractivity contribution in [1.29, 1.82) is 0 Å². The summed E-state index contributed by atoms with van der Waals surface area (Å²) in [5, 5.41) is 13.0. The van der Waals surface area contributed by atoms with E-state index in [0.29, 0.717) is 0 Å². The predicted octanol–water partition coefficient (Wildman–Crippen LogP) is 15.7. The highest BCUT2D eigenvalue weighted by Crippen LogP contribution is 2.46. The van der Waals surface area contributed by atoms with Crippen molar-refractivity contribution < 1.29 is 0 Å². The summed E-state index contributed by atoms with van der Waals surface area (Å²) < 4.78 is 12.7. The summed E-state index contributed by atoms with van der Waals surface area (Å²) in [5.74, 6) is 0. The van der Waals surface area contributed by atoms with Crippen LogP contribution < -0.4 is 0 Å². The highest BCUT2D eigenvalue weighted by atomic mass is 32.1. The van der Waals surface area contributed by atoms with Crippen LogP contribution in [0.1, 0.15) is 0 Å². The van der Waals surface area contributed by atoms with Gasteiger partial charge in [0.15, 0.2) is 0 Å². The van der Waals surface area contributed by atoms with Crippen molar-refractivity contribution in [1.82, 2.24) is 13.7 Å². The zero-order valence-electron chi connectivity index (χ0n) is 31.6. The molecule has 274 valence electrons. The van der Waals surface area contributed by atoms with Gasteiger partial charge in [0.25, 0.3) is 0 Å². The molecule has 0 saturated carbocycles. The fourth-order valence-electron chi connectivity index (χ4n) is 10.2. The Hall–Kier alpha value is -7.18. The van der Waals surface area contributed by atoms with Gasteiger partial charge in [0.05, 0.1) is 33.1 Å². The number of para-hydroxylation sites is 3. The van der Waals surface area contributed by atoms with Gasteiger partial charge in [-0.1, -0.05) is 91.0 Å². The number of hydrogen-bond donors (Lipinski definition) is 0. The molecule has 3 nitrogen and oxygen atoms in total. The first kappa shape index (κ1) is 31.9. The first-order chi connectivity index (χ1) is 29.3. The molecule has 0 bridgehead atoms. The first-order valence-electron chi connectivity index (χ1n) is 20.1. The largest absolute Gasteiger partial charge is 0.309 e. The Morgan fingerprint density at radius 3 is 1.14 bits per heavy atom. The van der Waals surface area contributed by atoms with Gasteiger partial charge in [0.2, 0.25) is 0 Å². The van der Waals surface area contributed by atoms with Gasteiger partial charge in [0.1, 0.15) is 0 Å². The fourth-order valence-corrected chi connectivity index (χ4v) is 12.5. The minimum absolute atomic E-state index is 1.15. The Balaban J connectivity index is 1.07. The number of nitrogens with zero attached hydrogens (tertiary/aromatic N) is 3. The van der Waals surface area contributed by atoms with E-state index in [9.17, 15) is 0 Å². The lowest BCUT2D eigenvalue weighted by molar-refractivity contribution is 1.16. The number of benzene rings is 9. The van der Waals surface area contributed by atoms with Gasteiger partial charge in [-0.15, -0.1) is 22.7 Å². The topological polar surface area (TPSA) is 14.8 Å². The number of aromatic nitrogens is 3. The molecule has 5 heterocycles. The van der Waals surface area contributed by atoms with Crippen LogP contribution in [0.15, 0.2) is 188 Å². The summed E-state index contributed by atoms with van der Waals surface area (Å²) in [5.41, 5.74) is 10.7. The van der Waals surface area contributed by atoms with E-state index in [-0.39, 0.29) is 0 Å². The van der Waals surface area contributed by atoms with Gasteiger partial charge in [-0.2, -0.15) is 0 Å². The molecule has 59 heavy (non-hydrogen) atoms. The van der Waals surface area contributed by atoms with E-state index in [1.54, 1.807) is 0 Å². The molecule has 9 aromatic carbocycles. The van der Waals surface area contributed by atoms with Crippen LogP contribution in [0.2, 0.25) is 0 Å². The molecule has 5 aromatic heterocycles. The van der Waals surface area contributed by atoms with Gasteiger partial charge in [-0.25, -0.2) is 0 Å². The third-order valence-corrected chi connectivity index (χ3v) is 14.9. The van der Waals surface area contributed by atoms with Crippen molar-refractivity contribution in [2.45, 2.75) is 0 Å². The van der Waals surface area contributed by atoms with Crippen LogP contribution in [0, 0.1) is 0 Å². The molecule has 0 saturated heterocycles. The molecule has 14 rings (SSSR count). The molecular formula is C54H31N3S2. The van der Waals surface area contributed by atoms with Gasteiger partial charge in [-0.3, -0.25) is 0 Å². The van der Waals surface area contributed by atoms with E-state index in [2.05, 4.69) is 202 Å². The third kappa shape index (κ3) is 4.25. The Morgan fingerprint density at radius 1 is 0.237 bits per heavy atom. The number of rotatable bonds is 3. The highest BCUT2D eigenvalue weighted by Gasteiger charge is 2.22. The predicted molar refractivity (Wildman–Crippen MR) is 255 cm³/mol. The maximum atomic E-state index is 2.48. The maximum absolute atomic E-state index is 2.48. The molecule has 0 aliphatic carbocycles. The van der Waals surface area contributed by atoms with Crippen molar-refractivity contribution in [3.05, 3.63) is 188 Å². The summed E-state index contributed by atoms with van der Waals surface area (Å²) >= 11 is 3.77. The molecule has 0 radical (unpaired) electrons. The van der Waals surface area contributed by atoms with E-state index in [1.165, 1.54) is 106 Å². The van der Waals surface area contributed by atoms with E-state index in [4.69, 9.17) is 0 Å². The third-order valence-electron chi connectivity index (χ3n) is 12.6. The molecule has 0 aliphatic heterocycles. The average molecular weight is 786 g/mol. The summed E-state index contributed by atoms with van der Waals surface area (Å²) in [6.07, 6.45) is 0. The van der Waals surface area contributed by atoms with Gasteiger partial charge < -0.3 is 13.7 Å². The second-order valence-corrected chi connectivity index (χ2v) is 17.8. The zero-order valence-corrected chi connectivity index (χ0v) is 33.2.